The first-order valence-electron chi connectivity index (χ1n) is 6.27. The predicted molar refractivity (Wildman–Crippen MR) is 72.5 cm³/mol. The van der Waals surface area contributed by atoms with Crippen molar-refractivity contribution < 1.29 is 13.9 Å². The van der Waals surface area contributed by atoms with Crippen LogP contribution in [0.5, 0.6) is 0 Å². The molecule has 1 aromatic carbocycles. The molecule has 1 N–H and O–H groups in total. The van der Waals surface area contributed by atoms with E-state index in [-0.39, 0.29) is 19.0 Å². The highest BCUT2D eigenvalue weighted by molar-refractivity contribution is 5.78. The first-order valence-corrected chi connectivity index (χ1v) is 6.27. The molecule has 0 aliphatic carbocycles. The van der Waals surface area contributed by atoms with E-state index in [1.165, 1.54) is 12.1 Å². The van der Waals surface area contributed by atoms with Crippen LogP contribution in [-0.4, -0.2) is 25.7 Å². The van der Waals surface area contributed by atoms with Crippen molar-refractivity contribution in [3.05, 3.63) is 45.6 Å². The maximum atomic E-state index is 13.1. The molecule has 0 heterocycles. The summed E-state index contributed by atoms with van der Waals surface area (Å²) < 4.78 is 18.1. The summed E-state index contributed by atoms with van der Waals surface area (Å²) >= 11 is 0. The molecule has 0 bridgehead atoms. The highest BCUT2D eigenvalue weighted by atomic mass is 19.1. The summed E-state index contributed by atoms with van der Waals surface area (Å²) in [5, 5.41) is 6.34. The number of halogens is 1. The molecule has 1 rings (SSSR count). The van der Waals surface area contributed by atoms with Crippen molar-refractivity contribution in [3.8, 4) is 0 Å². The van der Waals surface area contributed by atoms with Gasteiger partial charge in [-0.25, -0.2) is 9.18 Å². The van der Waals surface area contributed by atoms with Gasteiger partial charge in [0.1, 0.15) is 11.9 Å². The Kier molecular flexibility index (Phi) is 6.49. The molecule has 0 saturated carbocycles. The van der Waals surface area contributed by atoms with Crippen LogP contribution in [0.3, 0.4) is 0 Å². The monoisotopic (exact) mass is 280 g/mol. The minimum absolute atomic E-state index is 0.215. The van der Waals surface area contributed by atoms with Crippen LogP contribution in [0.1, 0.15) is 24.1 Å². The molecule has 108 valence electrons. The van der Waals surface area contributed by atoms with Gasteiger partial charge in [0.2, 0.25) is 0 Å². The van der Waals surface area contributed by atoms with Gasteiger partial charge in [-0.15, -0.1) is 0 Å². The van der Waals surface area contributed by atoms with E-state index in [1.54, 1.807) is 19.9 Å². The molecule has 1 aromatic rings. The number of hydrogen-bond acceptors (Lipinski definition) is 4. The van der Waals surface area contributed by atoms with Crippen LogP contribution in [-0.2, 0) is 9.53 Å². The summed E-state index contributed by atoms with van der Waals surface area (Å²) in [4.78, 5) is 14.6. The summed E-state index contributed by atoms with van der Waals surface area (Å²) in [5.41, 5.74) is 9.51. The lowest BCUT2D eigenvalue weighted by Gasteiger charge is -2.19. The van der Waals surface area contributed by atoms with Gasteiger partial charge >= 0.3 is 5.97 Å². The number of aryl methyl sites for hydroxylation is 1. The molecule has 20 heavy (non-hydrogen) atoms. The zero-order chi connectivity index (χ0) is 15.0. The van der Waals surface area contributed by atoms with Crippen molar-refractivity contribution in [1.82, 2.24) is 5.32 Å². The Morgan fingerprint density at radius 2 is 2.35 bits per heavy atom. The van der Waals surface area contributed by atoms with E-state index in [0.29, 0.717) is 17.7 Å². The van der Waals surface area contributed by atoms with Crippen LogP contribution in [0.25, 0.3) is 10.4 Å². The van der Waals surface area contributed by atoms with E-state index < -0.39 is 12.0 Å². The van der Waals surface area contributed by atoms with Crippen molar-refractivity contribution in [3.63, 3.8) is 0 Å². The van der Waals surface area contributed by atoms with E-state index in [2.05, 4.69) is 15.3 Å². The van der Waals surface area contributed by atoms with Gasteiger partial charge in [-0.05, 0) is 42.6 Å². The summed E-state index contributed by atoms with van der Waals surface area (Å²) in [7, 11) is 0. The van der Waals surface area contributed by atoms with Gasteiger partial charge in [-0.2, -0.15) is 0 Å². The second-order valence-corrected chi connectivity index (χ2v) is 4.09. The average Bonchev–Trinajstić information content (AvgIpc) is 2.40. The Morgan fingerprint density at radius 3 is 2.95 bits per heavy atom. The topological polar surface area (TPSA) is 87.1 Å². The van der Waals surface area contributed by atoms with Crippen LogP contribution < -0.4 is 5.32 Å². The molecule has 1 atom stereocenters. The van der Waals surface area contributed by atoms with Gasteiger partial charge in [0.15, 0.2) is 0 Å². The van der Waals surface area contributed by atoms with E-state index in [0.717, 1.165) is 0 Å². The number of nitrogens with zero attached hydrogens (tertiary/aromatic N) is 3. The SMILES string of the molecule is CCOC(=O)C(NCCN=[N+]=[N-])c1ccc(F)cc1C. The van der Waals surface area contributed by atoms with E-state index >= 15 is 0 Å². The smallest absolute Gasteiger partial charge is 0.327 e. The normalized spacial score (nSPS) is 11.6. The summed E-state index contributed by atoms with van der Waals surface area (Å²) in [6.45, 7) is 4.23. The Morgan fingerprint density at radius 1 is 1.60 bits per heavy atom. The molecule has 0 aliphatic heterocycles. The number of azide groups is 1. The van der Waals surface area contributed by atoms with Gasteiger partial charge in [-0.1, -0.05) is 11.2 Å². The molecule has 0 amide bonds. The maximum Gasteiger partial charge on any atom is 0.327 e. The summed E-state index contributed by atoms with van der Waals surface area (Å²) in [6.07, 6.45) is 0. The Hall–Kier alpha value is -2.11. The van der Waals surface area contributed by atoms with Crippen LogP contribution in [0.2, 0.25) is 0 Å². The standard InChI is InChI=1S/C13H17FN4O2/c1-3-20-13(19)12(16-6-7-17-18-15)11-5-4-10(14)8-9(11)2/h4-5,8,12,16H,3,6-7H2,1-2H3. The number of nitrogens with one attached hydrogen (secondary N) is 1. The zero-order valence-corrected chi connectivity index (χ0v) is 11.5. The number of hydrogen-bond donors (Lipinski definition) is 1. The Bertz CT molecular complexity index is 515. The highest BCUT2D eigenvalue weighted by Gasteiger charge is 2.22. The van der Waals surface area contributed by atoms with Crippen molar-refractivity contribution in [1.29, 1.82) is 0 Å². The third-order valence-electron chi connectivity index (χ3n) is 2.69. The number of benzene rings is 1. The molecule has 1 unspecified atom stereocenters. The van der Waals surface area contributed by atoms with E-state index in [9.17, 15) is 9.18 Å². The van der Waals surface area contributed by atoms with Crippen molar-refractivity contribution >= 4 is 5.97 Å². The van der Waals surface area contributed by atoms with E-state index in [4.69, 9.17) is 10.3 Å². The lowest BCUT2D eigenvalue weighted by molar-refractivity contribution is -0.145. The van der Waals surface area contributed by atoms with Gasteiger partial charge in [-0.3, -0.25) is 0 Å². The average molecular weight is 280 g/mol. The molecule has 7 heteroatoms. The summed E-state index contributed by atoms with van der Waals surface area (Å²) in [6, 6.07) is 3.50. The lowest BCUT2D eigenvalue weighted by Crippen LogP contribution is -2.32. The second kappa shape index (κ2) is 8.14. The lowest BCUT2D eigenvalue weighted by atomic mass is 10.0. The van der Waals surface area contributed by atoms with Gasteiger partial charge < -0.3 is 10.1 Å². The van der Waals surface area contributed by atoms with Crippen molar-refractivity contribution in [2.45, 2.75) is 19.9 Å². The molecule has 0 aromatic heterocycles. The van der Waals surface area contributed by atoms with Gasteiger partial charge in [0, 0.05) is 18.0 Å². The number of esters is 1. The zero-order valence-electron chi connectivity index (χ0n) is 11.5. The molecule has 0 aliphatic rings. The largest absolute Gasteiger partial charge is 0.465 e. The van der Waals surface area contributed by atoms with Gasteiger partial charge in [0.05, 0.1) is 6.61 Å². The van der Waals surface area contributed by atoms with Crippen LogP contribution in [0.15, 0.2) is 23.3 Å². The Balaban J connectivity index is 2.90. The molecular weight excluding hydrogens is 263 g/mol. The molecule has 0 fully saturated rings. The first-order chi connectivity index (χ1) is 9.60. The number of rotatable bonds is 7. The molecule has 0 saturated heterocycles. The first kappa shape index (κ1) is 15.9. The molecule has 0 spiro atoms. The van der Waals surface area contributed by atoms with Crippen LogP contribution in [0.4, 0.5) is 4.39 Å². The molecule has 6 nitrogen and oxygen atoms in total. The van der Waals surface area contributed by atoms with Crippen LogP contribution in [0, 0.1) is 12.7 Å². The van der Waals surface area contributed by atoms with Crippen molar-refractivity contribution in [2.24, 2.45) is 5.11 Å². The number of carbonyl (C=O) groups is 1. The van der Waals surface area contributed by atoms with Gasteiger partial charge in [0.25, 0.3) is 0 Å². The predicted octanol–water partition coefficient (Wildman–Crippen LogP) is 2.64. The number of carbonyl (C=O) groups excluding carboxylic acids is 1. The third-order valence-corrected chi connectivity index (χ3v) is 2.69. The highest BCUT2D eigenvalue weighted by Crippen LogP contribution is 2.20. The van der Waals surface area contributed by atoms with Crippen molar-refractivity contribution in [2.75, 3.05) is 19.7 Å². The Labute approximate surface area is 116 Å². The fourth-order valence-corrected chi connectivity index (χ4v) is 1.81. The molecule has 0 radical (unpaired) electrons. The quantitative estimate of drug-likeness (QED) is 0.274. The fourth-order valence-electron chi connectivity index (χ4n) is 1.81. The van der Waals surface area contributed by atoms with Crippen LogP contribution >= 0.6 is 0 Å². The number of ether oxygens (including phenoxy) is 1. The minimum atomic E-state index is -0.704. The maximum absolute atomic E-state index is 13.1. The second-order valence-electron chi connectivity index (χ2n) is 4.09. The third kappa shape index (κ3) is 4.53. The molecular formula is C13H17FN4O2. The minimum Gasteiger partial charge on any atom is -0.465 e. The fraction of sp³-hybridized carbons (Fsp3) is 0.462. The summed E-state index contributed by atoms with van der Waals surface area (Å²) in [5.74, 6) is -0.800. The van der Waals surface area contributed by atoms with E-state index in [1.807, 2.05) is 0 Å².